The largest absolute Gasteiger partial charge is 0.325 e. The Bertz CT molecular complexity index is 1100. The number of aryl methyl sites for hydroxylation is 1. The number of hydrogen-bond acceptors (Lipinski definition) is 3. The van der Waals surface area contributed by atoms with Crippen LogP contribution < -0.4 is 5.32 Å². The van der Waals surface area contributed by atoms with Crippen molar-refractivity contribution in [1.29, 1.82) is 0 Å². The molecule has 0 aliphatic rings. The molecule has 4 aromatic rings. The first-order valence-electron chi connectivity index (χ1n) is 8.49. The Balaban J connectivity index is 1.50. The number of carbonyl (C=O) groups excluding carboxylic acids is 1. The summed E-state index contributed by atoms with van der Waals surface area (Å²) in [4.78, 5) is 17.2. The number of para-hydroxylation sites is 2. The molecule has 1 N–H and O–H groups in total. The molecule has 1 amide bonds. The number of imidazole rings is 1. The van der Waals surface area contributed by atoms with E-state index in [-0.39, 0.29) is 11.2 Å². The Morgan fingerprint density at radius 2 is 1.77 bits per heavy atom. The van der Waals surface area contributed by atoms with E-state index in [9.17, 15) is 4.79 Å². The third kappa shape index (κ3) is 3.18. The average Bonchev–Trinajstić information content (AvgIpc) is 2.97. The molecule has 1 atom stereocenters. The molecule has 0 saturated heterocycles. The minimum absolute atomic E-state index is 0.0302. The zero-order chi connectivity index (χ0) is 18.1. The Hall–Kier alpha value is -2.79. The molecule has 0 saturated carbocycles. The second-order valence-corrected chi connectivity index (χ2v) is 7.56. The number of rotatable bonds is 4. The number of fused-ring (bicyclic) bond motifs is 2. The lowest BCUT2D eigenvalue weighted by Gasteiger charge is -2.12. The van der Waals surface area contributed by atoms with Crippen LogP contribution in [0.1, 0.15) is 6.92 Å². The maximum Gasteiger partial charge on any atom is 0.237 e. The number of nitrogens with one attached hydrogen (secondary N) is 1. The molecule has 3 aromatic carbocycles. The smallest absolute Gasteiger partial charge is 0.237 e. The fourth-order valence-corrected chi connectivity index (χ4v) is 3.84. The molecular weight excluding hydrogens is 342 g/mol. The molecule has 0 aliphatic heterocycles. The van der Waals surface area contributed by atoms with Gasteiger partial charge in [-0.05, 0) is 42.0 Å². The molecule has 1 aromatic heterocycles. The monoisotopic (exact) mass is 361 g/mol. The summed E-state index contributed by atoms with van der Waals surface area (Å²) in [5.74, 6) is -0.0302. The number of benzene rings is 3. The number of aromatic nitrogens is 2. The van der Waals surface area contributed by atoms with Gasteiger partial charge in [0.15, 0.2) is 5.16 Å². The standard InChI is InChI=1S/C21H19N3OS/c1-14(26-21-23-18-9-5-6-10-19(18)24(21)2)20(25)22-17-12-11-15-7-3-4-8-16(15)13-17/h3-14H,1-2H3,(H,22,25). The van der Waals surface area contributed by atoms with Crippen molar-refractivity contribution in [3.8, 4) is 0 Å². The molecule has 1 heterocycles. The topological polar surface area (TPSA) is 46.9 Å². The van der Waals surface area contributed by atoms with Crippen LogP contribution in [0.3, 0.4) is 0 Å². The lowest BCUT2D eigenvalue weighted by molar-refractivity contribution is -0.115. The second kappa shape index (κ2) is 6.84. The van der Waals surface area contributed by atoms with Gasteiger partial charge in [0, 0.05) is 12.7 Å². The molecule has 4 nitrogen and oxygen atoms in total. The number of nitrogens with zero attached hydrogens (tertiary/aromatic N) is 2. The minimum atomic E-state index is -0.253. The van der Waals surface area contributed by atoms with E-state index in [1.54, 1.807) is 0 Å². The highest BCUT2D eigenvalue weighted by atomic mass is 32.2. The van der Waals surface area contributed by atoms with E-state index in [0.29, 0.717) is 0 Å². The van der Waals surface area contributed by atoms with Crippen molar-refractivity contribution < 1.29 is 4.79 Å². The first-order valence-corrected chi connectivity index (χ1v) is 9.37. The van der Waals surface area contributed by atoms with E-state index in [1.165, 1.54) is 11.8 Å². The summed E-state index contributed by atoms with van der Waals surface area (Å²) >= 11 is 1.47. The number of carbonyl (C=O) groups is 1. The van der Waals surface area contributed by atoms with Crippen LogP contribution in [0.15, 0.2) is 71.9 Å². The van der Waals surface area contributed by atoms with Gasteiger partial charge in [0.05, 0.1) is 16.3 Å². The Kier molecular flexibility index (Phi) is 4.39. The van der Waals surface area contributed by atoms with E-state index in [0.717, 1.165) is 32.6 Å². The van der Waals surface area contributed by atoms with Crippen molar-refractivity contribution in [1.82, 2.24) is 9.55 Å². The minimum Gasteiger partial charge on any atom is -0.325 e. The molecule has 0 spiro atoms. The average molecular weight is 361 g/mol. The Morgan fingerprint density at radius 1 is 1.04 bits per heavy atom. The molecule has 0 radical (unpaired) electrons. The molecule has 1 unspecified atom stereocenters. The normalized spacial score (nSPS) is 12.4. The van der Waals surface area contributed by atoms with Gasteiger partial charge in [-0.15, -0.1) is 0 Å². The van der Waals surface area contributed by atoms with Crippen LogP contribution in [0, 0.1) is 0 Å². The third-order valence-electron chi connectivity index (χ3n) is 4.41. The zero-order valence-electron chi connectivity index (χ0n) is 14.6. The van der Waals surface area contributed by atoms with Crippen molar-refractivity contribution in [2.75, 3.05) is 5.32 Å². The van der Waals surface area contributed by atoms with Gasteiger partial charge in [-0.2, -0.15) is 0 Å². The van der Waals surface area contributed by atoms with Gasteiger partial charge >= 0.3 is 0 Å². The van der Waals surface area contributed by atoms with Crippen LogP contribution in [-0.4, -0.2) is 20.7 Å². The SMILES string of the molecule is CC(Sc1nc2ccccc2n1C)C(=O)Nc1ccc2ccccc2c1. The first kappa shape index (κ1) is 16.7. The van der Waals surface area contributed by atoms with Gasteiger partial charge in [0.2, 0.25) is 5.91 Å². The molecule has 5 heteroatoms. The van der Waals surface area contributed by atoms with Crippen LogP contribution in [0.25, 0.3) is 21.8 Å². The fourth-order valence-electron chi connectivity index (χ4n) is 2.95. The highest BCUT2D eigenvalue weighted by molar-refractivity contribution is 8.00. The van der Waals surface area contributed by atoms with Crippen LogP contribution in [0.2, 0.25) is 0 Å². The summed E-state index contributed by atoms with van der Waals surface area (Å²) in [7, 11) is 1.98. The predicted octanol–water partition coefficient (Wildman–Crippen LogP) is 4.85. The number of hydrogen-bond donors (Lipinski definition) is 1. The van der Waals surface area contributed by atoms with Crippen LogP contribution >= 0.6 is 11.8 Å². The molecule has 130 valence electrons. The van der Waals surface area contributed by atoms with Crippen molar-refractivity contribution in [2.24, 2.45) is 7.05 Å². The van der Waals surface area contributed by atoms with Gasteiger partial charge in [0.1, 0.15) is 0 Å². The van der Waals surface area contributed by atoms with E-state index in [1.807, 2.05) is 79.2 Å². The zero-order valence-corrected chi connectivity index (χ0v) is 15.5. The molecular formula is C21H19N3OS. The first-order chi connectivity index (χ1) is 12.6. The molecule has 0 bridgehead atoms. The van der Waals surface area contributed by atoms with Crippen LogP contribution in [0.5, 0.6) is 0 Å². The fraction of sp³-hybridized carbons (Fsp3) is 0.143. The number of thioether (sulfide) groups is 1. The Labute approximate surface area is 156 Å². The van der Waals surface area contributed by atoms with Crippen molar-refractivity contribution >= 4 is 45.2 Å². The van der Waals surface area contributed by atoms with E-state index in [2.05, 4.69) is 16.4 Å². The van der Waals surface area contributed by atoms with E-state index in [4.69, 9.17) is 0 Å². The molecule has 26 heavy (non-hydrogen) atoms. The number of amides is 1. The summed E-state index contributed by atoms with van der Waals surface area (Å²) in [5, 5.41) is 5.87. The summed E-state index contributed by atoms with van der Waals surface area (Å²) in [5.41, 5.74) is 2.82. The predicted molar refractivity (Wildman–Crippen MR) is 109 cm³/mol. The van der Waals surface area contributed by atoms with Gasteiger partial charge in [-0.1, -0.05) is 54.2 Å². The van der Waals surface area contributed by atoms with Crippen molar-refractivity contribution in [3.05, 3.63) is 66.7 Å². The van der Waals surface area contributed by atoms with E-state index < -0.39 is 0 Å². The lowest BCUT2D eigenvalue weighted by Crippen LogP contribution is -2.22. The van der Waals surface area contributed by atoms with Crippen molar-refractivity contribution in [3.63, 3.8) is 0 Å². The number of anilines is 1. The summed E-state index contributed by atoms with van der Waals surface area (Å²) in [6, 6.07) is 22.1. The van der Waals surface area contributed by atoms with Gasteiger partial charge in [0.25, 0.3) is 0 Å². The Morgan fingerprint density at radius 3 is 2.58 bits per heavy atom. The highest BCUT2D eigenvalue weighted by Gasteiger charge is 2.18. The summed E-state index contributed by atoms with van der Waals surface area (Å²) in [6.07, 6.45) is 0. The van der Waals surface area contributed by atoms with Gasteiger partial charge in [-0.25, -0.2) is 4.98 Å². The third-order valence-corrected chi connectivity index (χ3v) is 5.56. The summed E-state index contributed by atoms with van der Waals surface area (Å²) in [6.45, 7) is 1.90. The summed E-state index contributed by atoms with van der Waals surface area (Å²) < 4.78 is 2.03. The lowest BCUT2D eigenvalue weighted by atomic mass is 10.1. The van der Waals surface area contributed by atoms with E-state index >= 15 is 0 Å². The van der Waals surface area contributed by atoms with Crippen LogP contribution in [-0.2, 0) is 11.8 Å². The molecule has 0 aliphatic carbocycles. The highest BCUT2D eigenvalue weighted by Crippen LogP contribution is 2.27. The molecule has 0 fully saturated rings. The second-order valence-electron chi connectivity index (χ2n) is 6.25. The van der Waals surface area contributed by atoms with Crippen molar-refractivity contribution in [2.45, 2.75) is 17.3 Å². The van der Waals surface area contributed by atoms with Gasteiger partial charge < -0.3 is 9.88 Å². The maximum absolute atomic E-state index is 12.6. The van der Waals surface area contributed by atoms with Gasteiger partial charge in [-0.3, -0.25) is 4.79 Å². The quantitative estimate of drug-likeness (QED) is 0.529. The van der Waals surface area contributed by atoms with Crippen LogP contribution in [0.4, 0.5) is 5.69 Å². The maximum atomic E-state index is 12.6. The molecule has 4 rings (SSSR count).